The number of carbonyl (C=O) groups excluding carboxylic acids is 1. The molecule has 2 heterocycles. The number of nitriles is 1. The molecule has 0 radical (unpaired) electrons. The predicted molar refractivity (Wildman–Crippen MR) is 80.5 cm³/mol. The number of fused-ring (bicyclic) bond motifs is 1. The number of carbonyl (C=O) groups is 1. The van der Waals surface area contributed by atoms with Crippen LogP contribution in [-0.4, -0.2) is 17.4 Å². The fourth-order valence-electron chi connectivity index (χ4n) is 2.56. The summed E-state index contributed by atoms with van der Waals surface area (Å²) in [6.45, 7) is 2.52. The van der Waals surface area contributed by atoms with E-state index in [2.05, 4.69) is 4.98 Å². The third kappa shape index (κ3) is 2.26. The van der Waals surface area contributed by atoms with Crippen molar-refractivity contribution in [2.24, 2.45) is 0 Å². The monoisotopic (exact) mass is 297 g/mol. The van der Waals surface area contributed by atoms with Gasteiger partial charge in [-0.15, -0.1) is 0 Å². The first-order valence-corrected chi connectivity index (χ1v) is 6.94. The second-order valence-electron chi connectivity index (χ2n) is 4.97. The molecule has 1 aliphatic heterocycles. The first-order valence-electron chi connectivity index (χ1n) is 6.57. The van der Waals surface area contributed by atoms with Gasteiger partial charge < -0.3 is 4.90 Å². The molecule has 1 aliphatic rings. The van der Waals surface area contributed by atoms with E-state index >= 15 is 0 Å². The van der Waals surface area contributed by atoms with E-state index in [0.717, 1.165) is 16.8 Å². The number of amides is 1. The highest BCUT2D eigenvalue weighted by molar-refractivity contribution is 6.32. The van der Waals surface area contributed by atoms with Crippen molar-refractivity contribution in [2.75, 3.05) is 11.4 Å². The molecule has 2 aromatic rings. The largest absolute Gasteiger partial charge is 0.306 e. The van der Waals surface area contributed by atoms with Crippen LogP contribution in [0.1, 0.15) is 27.0 Å². The lowest BCUT2D eigenvalue weighted by Crippen LogP contribution is -2.38. The van der Waals surface area contributed by atoms with E-state index in [4.69, 9.17) is 16.9 Å². The van der Waals surface area contributed by atoms with E-state index in [-0.39, 0.29) is 5.91 Å². The zero-order chi connectivity index (χ0) is 15.0. The molecular formula is C16H12ClN3O. The number of aromatic nitrogens is 1. The lowest BCUT2D eigenvalue weighted by Gasteiger charge is -2.29. The molecule has 0 saturated carbocycles. The summed E-state index contributed by atoms with van der Waals surface area (Å²) in [5, 5.41) is 9.33. The van der Waals surface area contributed by atoms with Gasteiger partial charge in [0.25, 0.3) is 5.91 Å². The van der Waals surface area contributed by atoms with Gasteiger partial charge in [0.2, 0.25) is 0 Å². The third-order valence-electron chi connectivity index (χ3n) is 3.70. The molecule has 0 fully saturated rings. The quantitative estimate of drug-likeness (QED) is 0.812. The number of benzene rings is 1. The van der Waals surface area contributed by atoms with E-state index < -0.39 is 0 Å². The Morgan fingerprint density at radius 1 is 1.43 bits per heavy atom. The molecule has 0 N–H and O–H groups in total. The fraction of sp³-hybridized carbons (Fsp3) is 0.188. The molecule has 0 unspecified atom stereocenters. The van der Waals surface area contributed by atoms with Gasteiger partial charge in [-0.05, 0) is 42.7 Å². The average molecular weight is 298 g/mol. The molecule has 1 aromatic carbocycles. The molecule has 0 atom stereocenters. The van der Waals surface area contributed by atoms with Crippen LogP contribution in [0.15, 0.2) is 30.6 Å². The van der Waals surface area contributed by atoms with Crippen molar-refractivity contribution >= 4 is 23.2 Å². The van der Waals surface area contributed by atoms with Crippen LogP contribution in [0.25, 0.3) is 0 Å². The Kier molecular flexibility index (Phi) is 3.36. The molecule has 5 heteroatoms. The molecule has 1 amide bonds. The first kappa shape index (κ1) is 13.6. The highest BCUT2D eigenvalue weighted by Gasteiger charge is 2.27. The van der Waals surface area contributed by atoms with Crippen LogP contribution in [0.4, 0.5) is 5.69 Å². The summed E-state index contributed by atoms with van der Waals surface area (Å²) in [7, 11) is 0. The molecule has 0 aliphatic carbocycles. The van der Waals surface area contributed by atoms with Gasteiger partial charge in [-0.25, -0.2) is 0 Å². The Balaban J connectivity index is 2.06. The van der Waals surface area contributed by atoms with Crippen molar-refractivity contribution in [2.45, 2.75) is 13.3 Å². The first-order chi connectivity index (χ1) is 10.1. The Bertz CT molecular complexity index is 780. The third-order valence-corrected chi connectivity index (χ3v) is 4.01. The lowest BCUT2D eigenvalue weighted by atomic mass is 9.96. The van der Waals surface area contributed by atoms with Gasteiger partial charge in [-0.3, -0.25) is 9.78 Å². The van der Waals surface area contributed by atoms with Crippen LogP contribution < -0.4 is 4.90 Å². The van der Waals surface area contributed by atoms with Gasteiger partial charge in [0, 0.05) is 18.3 Å². The van der Waals surface area contributed by atoms with Gasteiger partial charge >= 0.3 is 0 Å². The summed E-state index contributed by atoms with van der Waals surface area (Å²) in [5.74, 6) is -0.0984. The lowest BCUT2D eigenvalue weighted by molar-refractivity contribution is 0.0980. The molecule has 3 rings (SSSR count). The summed E-state index contributed by atoms with van der Waals surface area (Å²) in [4.78, 5) is 18.5. The van der Waals surface area contributed by atoms with Crippen LogP contribution in [0.3, 0.4) is 0 Å². The Hall–Kier alpha value is -2.38. The Morgan fingerprint density at radius 2 is 2.24 bits per heavy atom. The van der Waals surface area contributed by atoms with Gasteiger partial charge in [-0.1, -0.05) is 11.6 Å². The summed E-state index contributed by atoms with van der Waals surface area (Å²) in [6.07, 6.45) is 4.10. The van der Waals surface area contributed by atoms with Crippen molar-refractivity contribution in [1.29, 1.82) is 5.26 Å². The number of pyridine rings is 1. The number of anilines is 1. The standard InChI is InChI=1S/C16H12ClN3O/c1-10-2-4-19-9-15(10)20-5-3-11-6-12(8-18)14(17)7-13(11)16(20)21/h2,4,6-7,9H,3,5H2,1H3. The minimum atomic E-state index is -0.0984. The summed E-state index contributed by atoms with van der Waals surface area (Å²) < 4.78 is 0. The Labute approximate surface area is 127 Å². The van der Waals surface area contributed by atoms with Crippen LogP contribution in [0.5, 0.6) is 0 Å². The topological polar surface area (TPSA) is 57.0 Å². The second kappa shape index (κ2) is 5.19. The fourth-order valence-corrected chi connectivity index (χ4v) is 2.76. The zero-order valence-electron chi connectivity index (χ0n) is 11.4. The molecule has 21 heavy (non-hydrogen) atoms. The number of hydrogen-bond acceptors (Lipinski definition) is 3. The molecule has 0 bridgehead atoms. The van der Waals surface area contributed by atoms with Crippen molar-refractivity contribution in [3.8, 4) is 6.07 Å². The van der Waals surface area contributed by atoms with Gasteiger partial charge in [-0.2, -0.15) is 5.26 Å². The minimum Gasteiger partial charge on any atom is -0.306 e. The molecule has 0 saturated heterocycles. The van der Waals surface area contributed by atoms with E-state index in [0.29, 0.717) is 29.1 Å². The number of hydrogen-bond donors (Lipinski definition) is 0. The maximum absolute atomic E-state index is 12.7. The van der Waals surface area contributed by atoms with Crippen LogP contribution in [0, 0.1) is 18.3 Å². The summed E-state index contributed by atoms with van der Waals surface area (Å²) >= 11 is 6.05. The van der Waals surface area contributed by atoms with Gasteiger partial charge in [0.1, 0.15) is 6.07 Å². The number of rotatable bonds is 1. The van der Waals surface area contributed by atoms with Crippen molar-refractivity contribution < 1.29 is 4.79 Å². The Morgan fingerprint density at radius 3 is 2.95 bits per heavy atom. The maximum Gasteiger partial charge on any atom is 0.258 e. The van der Waals surface area contributed by atoms with Crippen LogP contribution in [0.2, 0.25) is 5.02 Å². The smallest absolute Gasteiger partial charge is 0.258 e. The van der Waals surface area contributed by atoms with Crippen LogP contribution in [-0.2, 0) is 6.42 Å². The van der Waals surface area contributed by atoms with Gasteiger partial charge in [0.15, 0.2) is 0 Å². The number of halogens is 1. The second-order valence-corrected chi connectivity index (χ2v) is 5.38. The predicted octanol–water partition coefficient (Wildman–Crippen LogP) is 3.12. The molecule has 104 valence electrons. The average Bonchev–Trinajstić information content (AvgIpc) is 2.49. The van der Waals surface area contributed by atoms with Crippen molar-refractivity contribution in [1.82, 2.24) is 4.98 Å². The normalized spacial score (nSPS) is 13.8. The summed E-state index contributed by atoms with van der Waals surface area (Å²) in [5.41, 5.74) is 3.66. The highest BCUT2D eigenvalue weighted by atomic mass is 35.5. The van der Waals surface area contributed by atoms with E-state index in [1.807, 2.05) is 19.1 Å². The van der Waals surface area contributed by atoms with E-state index in [1.165, 1.54) is 0 Å². The highest BCUT2D eigenvalue weighted by Crippen LogP contribution is 2.29. The van der Waals surface area contributed by atoms with Gasteiger partial charge in [0.05, 0.1) is 22.5 Å². The number of aryl methyl sites for hydroxylation is 1. The van der Waals surface area contributed by atoms with Crippen LogP contribution >= 0.6 is 11.6 Å². The summed E-state index contributed by atoms with van der Waals surface area (Å²) in [6, 6.07) is 7.23. The van der Waals surface area contributed by atoms with Crippen molar-refractivity contribution in [3.05, 3.63) is 57.9 Å². The zero-order valence-corrected chi connectivity index (χ0v) is 12.2. The SMILES string of the molecule is Cc1ccncc1N1CCc2cc(C#N)c(Cl)cc2C1=O. The van der Waals surface area contributed by atoms with E-state index in [1.54, 1.807) is 29.4 Å². The van der Waals surface area contributed by atoms with E-state index in [9.17, 15) is 4.79 Å². The molecule has 4 nitrogen and oxygen atoms in total. The molecule has 1 aromatic heterocycles. The number of nitrogens with zero attached hydrogens (tertiary/aromatic N) is 3. The molecule has 0 spiro atoms. The maximum atomic E-state index is 12.7. The van der Waals surface area contributed by atoms with Crippen molar-refractivity contribution in [3.63, 3.8) is 0 Å². The molecular weight excluding hydrogens is 286 g/mol. The minimum absolute atomic E-state index is 0.0984.